The van der Waals surface area contributed by atoms with Crippen molar-refractivity contribution in [2.45, 2.75) is 33.2 Å². The maximum absolute atomic E-state index is 11.0. The van der Waals surface area contributed by atoms with Gasteiger partial charge in [0.2, 0.25) is 11.7 Å². The number of aryl methyl sites for hydroxylation is 2. The van der Waals surface area contributed by atoms with E-state index in [4.69, 9.17) is 4.42 Å². The summed E-state index contributed by atoms with van der Waals surface area (Å²) in [5.41, 5.74) is 0.973. The predicted octanol–water partition coefficient (Wildman–Crippen LogP) is 2.92. The SMILES string of the molecule is Cc1nc(CN2CCC(CNc3ncccc3[N+](=O)[O-])CC2)oc1C. The van der Waals surface area contributed by atoms with Crippen LogP contribution < -0.4 is 5.32 Å². The Morgan fingerprint density at radius 2 is 2.16 bits per heavy atom. The number of likely N-dealkylation sites (tertiary alicyclic amines) is 1. The van der Waals surface area contributed by atoms with Crippen LogP contribution >= 0.6 is 0 Å². The lowest BCUT2D eigenvalue weighted by molar-refractivity contribution is -0.384. The molecular weight excluding hydrogens is 322 g/mol. The summed E-state index contributed by atoms with van der Waals surface area (Å²) >= 11 is 0. The third-order valence-electron chi connectivity index (χ3n) is 4.68. The van der Waals surface area contributed by atoms with Gasteiger partial charge in [0.15, 0.2) is 0 Å². The minimum absolute atomic E-state index is 0.0227. The van der Waals surface area contributed by atoms with Gasteiger partial charge in [-0.25, -0.2) is 9.97 Å². The Morgan fingerprint density at radius 3 is 2.80 bits per heavy atom. The van der Waals surface area contributed by atoms with Crippen LogP contribution in [0.5, 0.6) is 0 Å². The molecule has 2 aromatic rings. The Kier molecular flexibility index (Phi) is 5.28. The molecule has 25 heavy (non-hydrogen) atoms. The Balaban J connectivity index is 1.47. The molecule has 1 N–H and O–H groups in total. The second-order valence-electron chi connectivity index (χ2n) is 6.48. The zero-order chi connectivity index (χ0) is 17.8. The van der Waals surface area contributed by atoms with Gasteiger partial charge < -0.3 is 9.73 Å². The Hall–Kier alpha value is -2.48. The van der Waals surface area contributed by atoms with E-state index in [0.717, 1.165) is 49.8 Å². The largest absolute Gasteiger partial charge is 0.444 e. The second-order valence-corrected chi connectivity index (χ2v) is 6.48. The highest BCUT2D eigenvalue weighted by molar-refractivity contribution is 5.55. The molecule has 3 heterocycles. The molecule has 1 aliphatic rings. The molecule has 0 aliphatic carbocycles. The zero-order valence-corrected chi connectivity index (χ0v) is 14.6. The average molecular weight is 345 g/mol. The van der Waals surface area contributed by atoms with Crippen molar-refractivity contribution in [2.24, 2.45) is 5.92 Å². The Bertz CT molecular complexity index is 718. The number of pyridine rings is 1. The van der Waals surface area contributed by atoms with Crippen LogP contribution in [0.15, 0.2) is 22.7 Å². The second kappa shape index (κ2) is 7.60. The molecule has 2 aromatic heterocycles. The highest BCUT2D eigenvalue weighted by atomic mass is 16.6. The normalized spacial score (nSPS) is 16.1. The molecule has 1 fully saturated rings. The summed E-state index contributed by atoms with van der Waals surface area (Å²) in [5.74, 6) is 2.48. The van der Waals surface area contributed by atoms with Crippen molar-refractivity contribution in [2.75, 3.05) is 25.0 Å². The van der Waals surface area contributed by atoms with Gasteiger partial charge in [-0.1, -0.05) is 0 Å². The molecule has 0 bridgehead atoms. The maximum Gasteiger partial charge on any atom is 0.311 e. The van der Waals surface area contributed by atoms with Crippen molar-refractivity contribution in [3.8, 4) is 0 Å². The van der Waals surface area contributed by atoms with Crippen molar-refractivity contribution in [1.29, 1.82) is 0 Å². The van der Waals surface area contributed by atoms with Crippen LogP contribution in [0.25, 0.3) is 0 Å². The first kappa shape index (κ1) is 17.3. The zero-order valence-electron chi connectivity index (χ0n) is 14.6. The fourth-order valence-electron chi connectivity index (χ4n) is 3.07. The molecule has 1 aliphatic heterocycles. The van der Waals surface area contributed by atoms with Crippen molar-refractivity contribution >= 4 is 11.5 Å². The lowest BCUT2D eigenvalue weighted by Crippen LogP contribution is -2.35. The summed E-state index contributed by atoms with van der Waals surface area (Å²) in [6.07, 6.45) is 3.64. The smallest absolute Gasteiger partial charge is 0.311 e. The average Bonchev–Trinajstić information content (AvgIpc) is 2.92. The number of rotatable bonds is 6. The number of nitrogens with zero attached hydrogens (tertiary/aromatic N) is 4. The third kappa shape index (κ3) is 4.33. The van der Waals surface area contributed by atoms with Crippen LogP contribution in [0.4, 0.5) is 11.5 Å². The Morgan fingerprint density at radius 1 is 1.40 bits per heavy atom. The van der Waals surface area contributed by atoms with Gasteiger partial charge in [0.25, 0.3) is 0 Å². The topological polar surface area (TPSA) is 97.3 Å². The van der Waals surface area contributed by atoms with Crippen LogP contribution in [0, 0.1) is 29.9 Å². The number of hydrogen-bond donors (Lipinski definition) is 1. The van der Waals surface area contributed by atoms with E-state index in [1.165, 1.54) is 6.07 Å². The van der Waals surface area contributed by atoms with Gasteiger partial charge in [-0.3, -0.25) is 15.0 Å². The van der Waals surface area contributed by atoms with E-state index in [1.807, 2.05) is 13.8 Å². The van der Waals surface area contributed by atoms with Gasteiger partial charge in [0.1, 0.15) is 5.76 Å². The van der Waals surface area contributed by atoms with Crippen molar-refractivity contribution < 1.29 is 9.34 Å². The van der Waals surface area contributed by atoms with Crippen molar-refractivity contribution in [3.05, 3.63) is 45.8 Å². The van der Waals surface area contributed by atoms with Gasteiger partial charge in [0.05, 0.1) is 17.2 Å². The van der Waals surface area contributed by atoms with Crippen LogP contribution in [0.1, 0.15) is 30.2 Å². The van der Waals surface area contributed by atoms with Crippen LogP contribution in [-0.2, 0) is 6.54 Å². The number of nitrogens with one attached hydrogen (secondary N) is 1. The van der Waals surface area contributed by atoms with E-state index in [9.17, 15) is 10.1 Å². The molecule has 0 amide bonds. The summed E-state index contributed by atoms with van der Waals surface area (Å²) in [7, 11) is 0. The number of piperidine rings is 1. The molecule has 0 spiro atoms. The van der Waals surface area contributed by atoms with Crippen LogP contribution in [0.2, 0.25) is 0 Å². The molecule has 0 radical (unpaired) electrons. The van der Waals surface area contributed by atoms with Gasteiger partial charge in [-0.05, 0) is 51.8 Å². The molecule has 0 atom stereocenters. The van der Waals surface area contributed by atoms with Crippen molar-refractivity contribution in [3.63, 3.8) is 0 Å². The molecule has 1 saturated heterocycles. The molecule has 0 unspecified atom stereocenters. The minimum Gasteiger partial charge on any atom is -0.444 e. The predicted molar refractivity (Wildman–Crippen MR) is 93.4 cm³/mol. The standard InChI is InChI=1S/C17H23N5O3/c1-12-13(2)25-16(20-12)11-21-8-5-14(6-9-21)10-19-17-15(22(23)24)4-3-7-18-17/h3-4,7,14H,5-6,8-11H2,1-2H3,(H,18,19). The molecule has 8 nitrogen and oxygen atoms in total. The molecular formula is C17H23N5O3. The number of aromatic nitrogens is 2. The van der Waals surface area contributed by atoms with E-state index < -0.39 is 4.92 Å². The maximum atomic E-state index is 11.0. The molecule has 134 valence electrons. The van der Waals surface area contributed by atoms with E-state index in [-0.39, 0.29) is 5.69 Å². The lowest BCUT2D eigenvalue weighted by Gasteiger charge is -2.31. The molecule has 3 rings (SSSR count). The fraction of sp³-hybridized carbons (Fsp3) is 0.529. The van der Waals surface area contributed by atoms with Gasteiger partial charge in [0, 0.05) is 18.8 Å². The van der Waals surface area contributed by atoms with Gasteiger partial charge >= 0.3 is 5.69 Å². The van der Waals surface area contributed by atoms with E-state index in [1.54, 1.807) is 12.3 Å². The first-order valence-electron chi connectivity index (χ1n) is 8.51. The Labute approximate surface area is 146 Å². The van der Waals surface area contributed by atoms with E-state index in [2.05, 4.69) is 20.2 Å². The van der Waals surface area contributed by atoms with E-state index in [0.29, 0.717) is 18.3 Å². The summed E-state index contributed by atoms with van der Waals surface area (Å²) in [5, 5.41) is 14.2. The third-order valence-corrected chi connectivity index (χ3v) is 4.68. The summed E-state index contributed by atoms with van der Waals surface area (Å²) in [4.78, 5) is 21.5. The number of oxazole rings is 1. The number of nitro groups is 1. The van der Waals surface area contributed by atoms with Crippen molar-refractivity contribution in [1.82, 2.24) is 14.9 Å². The van der Waals surface area contributed by atoms with Crippen LogP contribution in [-0.4, -0.2) is 39.4 Å². The quantitative estimate of drug-likeness (QED) is 0.635. The summed E-state index contributed by atoms with van der Waals surface area (Å²) < 4.78 is 5.65. The monoisotopic (exact) mass is 345 g/mol. The lowest BCUT2D eigenvalue weighted by atomic mass is 9.97. The first-order chi connectivity index (χ1) is 12.0. The summed E-state index contributed by atoms with van der Waals surface area (Å²) in [6.45, 7) is 7.26. The van der Waals surface area contributed by atoms with E-state index >= 15 is 0 Å². The van der Waals surface area contributed by atoms with Gasteiger partial charge in [-0.2, -0.15) is 0 Å². The molecule has 8 heteroatoms. The summed E-state index contributed by atoms with van der Waals surface area (Å²) in [6, 6.07) is 3.05. The van der Waals surface area contributed by atoms with Crippen LogP contribution in [0.3, 0.4) is 0 Å². The first-order valence-corrected chi connectivity index (χ1v) is 8.51. The molecule has 0 saturated carbocycles. The highest BCUT2D eigenvalue weighted by Gasteiger charge is 2.22. The number of anilines is 1. The molecule has 0 aromatic carbocycles. The number of hydrogen-bond acceptors (Lipinski definition) is 7. The fourth-order valence-corrected chi connectivity index (χ4v) is 3.07. The minimum atomic E-state index is -0.404. The highest BCUT2D eigenvalue weighted by Crippen LogP contribution is 2.23. The van der Waals surface area contributed by atoms with Gasteiger partial charge in [-0.15, -0.1) is 0 Å².